The molecule has 0 bridgehead atoms. The Kier molecular flexibility index (Phi) is 5.21. The highest BCUT2D eigenvalue weighted by Crippen LogP contribution is 2.34. The van der Waals surface area contributed by atoms with E-state index in [0.717, 1.165) is 22.6 Å². The van der Waals surface area contributed by atoms with Crippen molar-refractivity contribution in [2.45, 2.75) is 12.5 Å². The predicted octanol–water partition coefficient (Wildman–Crippen LogP) is 3.82. The molecule has 0 saturated heterocycles. The van der Waals surface area contributed by atoms with E-state index in [1.54, 1.807) is 36.4 Å². The molecular formula is C23H15ClN4O6. The van der Waals surface area contributed by atoms with Gasteiger partial charge in [0.05, 0.1) is 28.0 Å². The molecule has 2 aliphatic rings. The van der Waals surface area contributed by atoms with Crippen LogP contribution in [0.2, 0.25) is 5.02 Å². The number of fused-ring (bicyclic) bond motifs is 1. The molecule has 0 spiro atoms. The van der Waals surface area contributed by atoms with Crippen molar-refractivity contribution in [3.05, 3.63) is 98.4 Å². The number of nitro groups is 1. The lowest BCUT2D eigenvalue weighted by Crippen LogP contribution is -2.41. The lowest BCUT2D eigenvalue weighted by Gasteiger charge is -2.22. The predicted molar refractivity (Wildman–Crippen MR) is 119 cm³/mol. The Bertz CT molecular complexity index is 1370. The van der Waals surface area contributed by atoms with Gasteiger partial charge < -0.3 is 4.42 Å². The molecule has 3 amide bonds. The van der Waals surface area contributed by atoms with Crippen molar-refractivity contribution in [1.82, 2.24) is 9.91 Å². The summed E-state index contributed by atoms with van der Waals surface area (Å²) in [5.74, 6) is -1.57. The molecule has 3 aromatic rings. The first-order chi connectivity index (χ1) is 16.3. The van der Waals surface area contributed by atoms with Gasteiger partial charge in [-0.25, -0.2) is 5.01 Å². The van der Waals surface area contributed by atoms with Gasteiger partial charge in [0.2, 0.25) is 0 Å². The summed E-state index contributed by atoms with van der Waals surface area (Å²) in [6.45, 7) is -0.575. The van der Waals surface area contributed by atoms with E-state index in [4.69, 9.17) is 16.0 Å². The number of hydrogen-bond acceptors (Lipinski definition) is 7. The molecule has 34 heavy (non-hydrogen) atoms. The van der Waals surface area contributed by atoms with Crippen molar-refractivity contribution in [3.63, 3.8) is 0 Å². The molecule has 0 N–H and O–H groups in total. The van der Waals surface area contributed by atoms with Crippen LogP contribution in [0.25, 0.3) is 0 Å². The topological polar surface area (TPSA) is 126 Å². The number of imide groups is 1. The van der Waals surface area contributed by atoms with Crippen LogP contribution in [0.1, 0.15) is 44.5 Å². The van der Waals surface area contributed by atoms with Crippen molar-refractivity contribution >= 4 is 40.7 Å². The Labute approximate surface area is 197 Å². The summed E-state index contributed by atoms with van der Waals surface area (Å²) in [7, 11) is 0. The van der Waals surface area contributed by atoms with Gasteiger partial charge in [0.1, 0.15) is 18.3 Å². The third-order valence-electron chi connectivity index (χ3n) is 5.67. The van der Waals surface area contributed by atoms with Crippen LogP contribution in [0.4, 0.5) is 5.69 Å². The SMILES string of the molecule is O=C1c2ccc([N+](=O)[O-])cc2C(=O)N1CC(=O)N1N=C(c2ccc(Cl)cc2)C[C@@H]1c1ccco1. The Hall–Kier alpha value is -4.31. The summed E-state index contributed by atoms with van der Waals surface area (Å²) in [4.78, 5) is 50.0. The number of rotatable bonds is 5. The molecule has 11 heteroatoms. The summed E-state index contributed by atoms with van der Waals surface area (Å²) in [5.41, 5.74) is 0.968. The maximum Gasteiger partial charge on any atom is 0.270 e. The molecule has 0 aliphatic carbocycles. The number of nitro benzene ring substituents is 1. The van der Waals surface area contributed by atoms with Gasteiger partial charge in [-0.15, -0.1) is 0 Å². The zero-order valence-corrected chi connectivity index (χ0v) is 18.1. The molecule has 170 valence electrons. The normalized spacial score (nSPS) is 17.2. The van der Waals surface area contributed by atoms with Crippen molar-refractivity contribution < 1.29 is 23.7 Å². The minimum absolute atomic E-state index is 0.0118. The van der Waals surface area contributed by atoms with Crippen LogP contribution in [0.3, 0.4) is 0 Å². The average Bonchev–Trinajstić information content (AvgIpc) is 3.55. The summed E-state index contributed by atoms with van der Waals surface area (Å²) >= 11 is 5.97. The van der Waals surface area contributed by atoms with E-state index in [9.17, 15) is 24.5 Å². The van der Waals surface area contributed by atoms with Crippen LogP contribution < -0.4 is 0 Å². The molecule has 5 rings (SSSR count). The first-order valence-electron chi connectivity index (χ1n) is 10.2. The molecule has 0 radical (unpaired) electrons. The van der Waals surface area contributed by atoms with E-state index < -0.39 is 35.2 Å². The summed E-state index contributed by atoms with van der Waals surface area (Å²) < 4.78 is 5.50. The second-order valence-electron chi connectivity index (χ2n) is 7.71. The molecule has 1 aromatic heterocycles. The van der Waals surface area contributed by atoms with Crippen LogP contribution in [-0.2, 0) is 4.79 Å². The highest BCUT2D eigenvalue weighted by atomic mass is 35.5. The van der Waals surface area contributed by atoms with Crippen LogP contribution in [0.5, 0.6) is 0 Å². The lowest BCUT2D eigenvalue weighted by molar-refractivity contribution is -0.384. The number of carbonyl (C=O) groups excluding carboxylic acids is 3. The third-order valence-corrected chi connectivity index (χ3v) is 5.93. The molecule has 1 atom stereocenters. The lowest BCUT2D eigenvalue weighted by atomic mass is 10.0. The molecular weight excluding hydrogens is 464 g/mol. The minimum Gasteiger partial charge on any atom is -0.467 e. The van der Waals surface area contributed by atoms with Crippen LogP contribution in [0, 0.1) is 10.1 Å². The average molecular weight is 479 g/mol. The number of non-ortho nitro benzene ring substituents is 1. The maximum absolute atomic E-state index is 13.3. The van der Waals surface area contributed by atoms with Gasteiger partial charge in [-0.1, -0.05) is 23.7 Å². The molecule has 0 saturated carbocycles. The van der Waals surface area contributed by atoms with Crippen molar-refractivity contribution in [2.24, 2.45) is 5.10 Å². The standard InChI is InChI=1S/C23H15ClN4O6/c24-14-5-3-13(4-6-14)18-11-19(20-2-1-9-34-20)27(25-18)21(29)12-26-22(30)16-8-7-15(28(32)33)10-17(16)23(26)31/h1-10,19H,11-12H2/t19-/m1/s1. The second-order valence-corrected chi connectivity index (χ2v) is 8.15. The fourth-order valence-corrected chi connectivity index (χ4v) is 4.13. The minimum atomic E-state index is -0.771. The Morgan fingerprint density at radius 3 is 2.53 bits per heavy atom. The molecule has 0 fully saturated rings. The molecule has 0 unspecified atom stereocenters. The van der Waals surface area contributed by atoms with Gasteiger partial charge in [0.15, 0.2) is 0 Å². The van der Waals surface area contributed by atoms with Crippen molar-refractivity contribution in [2.75, 3.05) is 6.54 Å². The van der Waals surface area contributed by atoms with Crippen molar-refractivity contribution in [1.29, 1.82) is 0 Å². The molecule has 2 aromatic carbocycles. The van der Waals surface area contributed by atoms with E-state index in [-0.39, 0.29) is 16.8 Å². The Morgan fingerprint density at radius 2 is 1.85 bits per heavy atom. The van der Waals surface area contributed by atoms with Crippen LogP contribution in [0.15, 0.2) is 70.4 Å². The van der Waals surface area contributed by atoms with Gasteiger partial charge in [-0.3, -0.25) is 29.4 Å². The van der Waals surface area contributed by atoms with Crippen LogP contribution >= 0.6 is 11.6 Å². The molecule has 10 nitrogen and oxygen atoms in total. The fourth-order valence-electron chi connectivity index (χ4n) is 4.00. The summed E-state index contributed by atoms with van der Waals surface area (Å²) in [5, 5.41) is 17.3. The number of furan rings is 1. The monoisotopic (exact) mass is 478 g/mol. The van der Waals surface area contributed by atoms with Gasteiger partial charge in [-0.2, -0.15) is 5.10 Å². The zero-order chi connectivity index (χ0) is 24.0. The largest absolute Gasteiger partial charge is 0.467 e. The Balaban J connectivity index is 1.42. The first-order valence-corrected chi connectivity index (χ1v) is 10.5. The second kappa shape index (κ2) is 8.23. The van der Waals surface area contributed by atoms with Crippen molar-refractivity contribution in [3.8, 4) is 0 Å². The summed E-state index contributed by atoms with van der Waals surface area (Å²) in [6, 6.07) is 13.2. The van der Waals surface area contributed by atoms with E-state index in [2.05, 4.69) is 5.10 Å². The number of benzene rings is 2. The van der Waals surface area contributed by atoms with Gasteiger partial charge >= 0.3 is 0 Å². The fraction of sp³-hybridized carbons (Fsp3) is 0.130. The number of hydrogen-bond donors (Lipinski definition) is 0. The van der Waals surface area contributed by atoms with Gasteiger partial charge in [0.25, 0.3) is 23.4 Å². The van der Waals surface area contributed by atoms with Gasteiger partial charge in [0, 0.05) is 23.6 Å². The molecule has 3 heterocycles. The number of halogens is 1. The Morgan fingerprint density at radius 1 is 1.12 bits per heavy atom. The number of nitrogens with zero attached hydrogens (tertiary/aromatic N) is 4. The number of hydrazone groups is 1. The highest BCUT2D eigenvalue weighted by molar-refractivity contribution is 6.30. The van der Waals surface area contributed by atoms with Gasteiger partial charge in [-0.05, 0) is 35.9 Å². The number of carbonyl (C=O) groups is 3. The van der Waals surface area contributed by atoms with E-state index in [1.165, 1.54) is 17.3 Å². The smallest absolute Gasteiger partial charge is 0.270 e. The number of amides is 3. The summed E-state index contributed by atoms with van der Waals surface area (Å²) in [6.07, 6.45) is 1.84. The highest BCUT2D eigenvalue weighted by Gasteiger charge is 2.41. The first kappa shape index (κ1) is 21.5. The third kappa shape index (κ3) is 3.63. The van der Waals surface area contributed by atoms with E-state index in [0.29, 0.717) is 22.9 Å². The zero-order valence-electron chi connectivity index (χ0n) is 17.4. The van der Waals surface area contributed by atoms with E-state index >= 15 is 0 Å². The maximum atomic E-state index is 13.3. The molecule has 2 aliphatic heterocycles. The van der Waals surface area contributed by atoms with Crippen LogP contribution in [-0.4, -0.2) is 44.8 Å². The quantitative estimate of drug-likeness (QED) is 0.311. The van der Waals surface area contributed by atoms with E-state index in [1.807, 2.05) is 0 Å².